The van der Waals surface area contributed by atoms with Gasteiger partial charge in [-0.15, -0.1) is 0 Å². The highest BCUT2D eigenvalue weighted by Gasteiger charge is 2.19. The molecular weight excluding hydrogens is 264 g/mol. The highest BCUT2D eigenvalue weighted by Crippen LogP contribution is 2.09. The number of aromatic carboxylic acids is 1. The number of H-pyrrole nitrogens is 1. The molecule has 0 saturated carbocycles. The summed E-state index contributed by atoms with van der Waals surface area (Å²) in [6.45, 7) is 0. The van der Waals surface area contributed by atoms with Crippen molar-refractivity contribution >= 4 is 17.8 Å². The van der Waals surface area contributed by atoms with E-state index < -0.39 is 18.0 Å². The van der Waals surface area contributed by atoms with Crippen LogP contribution in [-0.4, -0.2) is 43.1 Å². The van der Waals surface area contributed by atoms with Gasteiger partial charge in [0, 0.05) is 18.3 Å². The molecular formula is C12H12N4O4. The maximum absolute atomic E-state index is 11.2. The zero-order chi connectivity index (χ0) is 14.5. The zero-order valence-electron chi connectivity index (χ0n) is 10.3. The molecule has 8 heteroatoms. The molecule has 0 unspecified atom stereocenters. The van der Waals surface area contributed by atoms with Crippen LogP contribution in [0, 0.1) is 0 Å². The van der Waals surface area contributed by atoms with Crippen molar-refractivity contribution < 1.29 is 19.8 Å². The Morgan fingerprint density at radius 3 is 2.75 bits per heavy atom. The van der Waals surface area contributed by atoms with Gasteiger partial charge in [-0.3, -0.25) is 0 Å². The maximum atomic E-state index is 11.2. The summed E-state index contributed by atoms with van der Waals surface area (Å²) in [6.07, 6.45) is 3.16. The Kier molecular flexibility index (Phi) is 3.94. The second kappa shape index (κ2) is 5.83. The van der Waals surface area contributed by atoms with Crippen LogP contribution in [0.4, 0.5) is 5.82 Å². The van der Waals surface area contributed by atoms with Gasteiger partial charge < -0.3 is 20.5 Å². The van der Waals surface area contributed by atoms with E-state index in [1.54, 1.807) is 0 Å². The summed E-state index contributed by atoms with van der Waals surface area (Å²) in [6, 6.07) is 3.40. The van der Waals surface area contributed by atoms with Crippen LogP contribution in [0.25, 0.3) is 0 Å². The van der Waals surface area contributed by atoms with E-state index in [9.17, 15) is 14.7 Å². The van der Waals surface area contributed by atoms with Gasteiger partial charge in [-0.1, -0.05) is 6.07 Å². The standard InChI is InChI=1S/C12H12N4O4/c17-11(18)8-2-1-3-10(15-8)16-9(12(19)20)4-7-5-13-6-14-7/h1-3,5-6,9H,4H2,(H,13,14)(H,15,16)(H,17,18)(H,19,20)/t9-/m0/s1. The molecule has 0 aliphatic carbocycles. The largest absolute Gasteiger partial charge is 0.480 e. The fraction of sp³-hybridized carbons (Fsp3) is 0.167. The van der Waals surface area contributed by atoms with Gasteiger partial charge in [0.25, 0.3) is 0 Å². The molecule has 2 rings (SSSR count). The van der Waals surface area contributed by atoms with Crippen LogP contribution < -0.4 is 5.32 Å². The van der Waals surface area contributed by atoms with Crippen LogP contribution in [0.1, 0.15) is 16.2 Å². The van der Waals surface area contributed by atoms with E-state index in [-0.39, 0.29) is 17.9 Å². The molecule has 104 valence electrons. The number of anilines is 1. The topological polar surface area (TPSA) is 128 Å². The number of carbonyl (C=O) groups is 2. The number of aromatic nitrogens is 3. The number of aliphatic carboxylic acids is 1. The number of imidazole rings is 1. The van der Waals surface area contributed by atoms with Crippen LogP contribution in [0.5, 0.6) is 0 Å². The first-order valence-corrected chi connectivity index (χ1v) is 5.73. The van der Waals surface area contributed by atoms with Crippen molar-refractivity contribution in [2.24, 2.45) is 0 Å². The van der Waals surface area contributed by atoms with Crippen molar-refractivity contribution in [1.82, 2.24) is 15.0 Å². The first-order chi connectivity index (χ1) is 9.56. The Morgan fingerprint density at radius 2 is 2.15 bits per heavy atom. The average molecular weight is 276 g/mol. The quantitative estimate of drug-likeness (QED) is 0.608. The van der Waals surface area contributed by atoms with Crippen LogP contribution in [0.3, 0.4) is 0 Å². The lowest BCUT2D eigenvalue weighted by Crippen LogP contribution is -2.32. The minimum Gasteiger partial charge on any atom is -0.480 e. The number of nitrogens with one attached hydrogen (secondary N) is 2. The van der Waals surface area contributed by atoms with Crippen LogP contribution in [0.15, 0.2) is 30.7 Å². The predicted molar refractivity (Wildman–Crippen MR) is 68.5 cm³/mol. The Morgan fingerprint density at radius 1 is 1.35 bits per heavy atom. The van der Waals surface area contributed by atoms with Gasteiger partial charge >= 0.3 is 11.9 Å². The van der Waals surface area contributed by atoms with E-state index >= 15 is 0 Å². The molecule has 0 radical (unpaired) electrons. The van der Waals surface area contributed by atoms with Gasteiger partial charge in [0.2, 0.25) is 0 Å². The molecule has 0 bridgehead atoms. The molecule has 2 aromatic heterocycles. The second-order valence-corrected chi connectivity index (χ2v) is 4.03. The molecule has 1 atom stereocenters. The van der Waals surface area contributed by atoms with Gasteiger partial charge in [-0.05, 0) is 12.1 Å². The fourth-order valence-electron chi connectivity index (χ4n) is 1.63. The lowest BCUT2D eigenvalue weighted by Gasteiger charge is -2.14. The molecule has 0 amide bonds. The van der Waals surface area contributed by atoms with E-state index in [1.165, 1.54) is 30.7 Å². The van der Waals surface area contributed by atoms with Gasteiger partial charge in [0.05, 0.1) is 6.33 Å². The zero-order valence-corrected chi connectivity index (χ0v) is 10.3. The third-order valence-electron chi connectivity index (χ3n) is 2.57. The monoisotopic (exact) mass is 276 g/mol. The average Bonchev–Trinajstić information content (AvgIpc) is 2.91. The molecule has 0 fully saturated rings. The summed E-state index contributed by atoms with van der Waals surface area (Å²) in [5.41, 5.74) is 0.500. The number of hydrogen-bond acceptors (Lipinski definition) is 5. The summed E-state index contributed by atoms with van der Waals surface area (Å²) in [5, 5.41) is 20.7. The van der Waals surface area contributed by atoms with Crippen molar-refractivity contribution in [3.05, 3.63) is 42.1 Å². The van der Waals surface area contributed by atoms with Crippen molar-refractivity contribution in [3.63, 3.8) is 0 Å². The van der Waals surface area contributed by atoms with Gasteiger partial charge in [0.1, 0.15) is 11.9 Å². The second-order valence-electron chi connectivity index (χ2n) is 4.03. The van der Waals surface area contributed by atoms with Crippen LogP contribution >= 0.6 is 0 Å². The third-order valence-corrected chi connectivity index (χ3v) is 2.57. The summed E-state index contributed by atoms with van der Waals surface area (Å²) in [4.78, 5) is 32.5. The number of nitrogens with zero attached hydrogens (tertiary/aromatic N) is 2. The fourth-order valence-corrected chi connectivity index (χ4v) is 1.63. The third kappa shape index (κ3) is 3.31. The van der Waals surface area contributed by atoms with Crippen LogP contribution in [-0.2, 0) is 11.2 Å². The Hall–Kier alpha value is -2.90. The van der Waals surface area contributed by atoms with E-state index in [2.05, 4.69) is 20.3 Å². The summed E-state index contributed by atoms with van der Waals surface area (Å²) < 4.78 is 0. The van der Waals surface area contributed by atoms with Gasteiger partial charge in [-0.25, -0.2) is 19.6 Å². The van der Waals surface area contributed by atoms with Crippen molar-refractivity contribution in [2.75, 3.05) is 5.32 Å². The van der Waals surface area contributed by atoms with Gasteiger partial charge in [0.15, 0.2) is 5.69 Å². The van der Waals surface area contributed by atoms with E-state index in [0.717, 1.165) is 0 Å². The molecule has 0 aliphatic rings. The highest BCUT2D eigenvalue weighted by molar-refractivity contribution is 5.86. The first-order valence-electron chi connectivity index (χ1n) is 5.73. The molecule has 0 aliphatic heterocycles. The smallest absolute Gasteiger partial charge is 0.354 e. The highest BCUT2D eigenvalue weighted by atomic mass is 16.4. The van der Waals surface area contributed by atoms with Crippen LogP contribution in [0.2, 0.25) is 0 Å². The molecule has 0 aromatic carbocycles. The lowest BCUT2D eigenvalue weighted by atomic mass is 10.1. The summed E-state index contributed by atoms with van der Waals surface area (Å²) >= 11 is 0. The summed E-state index contributed by atoms with van der Waals surface area (Å²) in [7, 11) is 0. The van der Waals surface area contributed by atoms with Crippen molar-refractivity contribution in [3.8, 4) is 0 Å². The molecule has 2 aromatic rings. The van der Waals surface area contributed by atoms with Gasteiger partial charge in [-0.2, -0.15) is 0 Å². The molecule has 0 spiro atoms. The molecule has 4 N–H and O–H groups in total. The molecule has 8 nitrogen and oxygen atoms in total. The predicted octanol–water partition coefficient (Wildman–Crippen LogP) is 0.611. The number of pyridine rings is 1. The Bertz CT molecular complexity index is 612. The SMILES string of the molecule is O=C(O)c1cccc(N[C@@H](Cc2cnc[nH]2)C(=O)O)n1. The van der Waals surface area contributed by atoms with E-state index in [1.807, 2.05) is 0 Å². The normalized spacial score (nSPS) is 11.8. The minimum absolute atomic E-state index is 0.152. The first kappa shape index (κ1) is 13.5. The number of aromatic amines is 1. The Labute approximate surface area is 113 Å². The number of hydrogen-bond donors (Lipinski definition) is 4. The van der Waals surface area contributed by atoms with E-state index in [0.29, 0.717) is 5.69 Å². The Balaban J connectivity index is 2.14. The lowest BCUT2D eigenvalue weighted by molar-refractivity contribution is -0.137. The van der Waals surface area contributed by atoms with Crippen molar-refractivity contribution in [1.29, 1.82) is 0 Å². The minimum atomic E-state index is -1.17. The number of carboxylic acids is 2. The molecule has 0 saturated heterocycles. The summed E-state index contributed by atoms with van der Waals surface area (Å²) in [5.74, 6) is -2.05. The number of carboxylic acid groups (broad SMARTS) is 2. The number of rotatable bonds is 6. The van der Waals surface area contributed by atoms with Crippen molar-refractivity contribution in [2.45, 2.75) is 12.5 Å². The molecule has 2 heterocycles. The van der Waals surface area contributed by atoms with E-state index in [4.69, 9.17) is 5.11 Å². The molecule has 20 heavy (non-hydrogen) atoms. The maximum Gasteiger partial charge on any atom is 0.354 e.